The Bertz CT molecular complexity index is 1110. The number of rotatable bonds is 11. The van der Waals surface area contributed by atoms with Crippen LogP contribution in [-0.4, -0.2) is 58.4 Å². The van der Waals surface area contributed by atoms with E-state index in [4.69, 9.17) is 14.2 Å². The Morgan fingerprint density at radius 3 is 2.69 bits per heavy atom. The van der Waals surface area contributed by atoms with Crippen molar-refractivity contribution in [2.75, 3.05) is 13.7 Å². The number of hydrogen-bond donors (Lipinski definition) is 1. The molecule has 0 unspecified atom stereocenters. The minimum atomic E-state index is -1.95. The van der Waals surface area contributed by atoms with E-state index in [1.54, 1.807) is 30.4 Å². The van der Waals surface area contributed by atoms with Gasteiger partial charge in [0.25, 0.3) is 5.56 Å². The predicted molar refractivity (Wildman–Crippen MR) is 129 cm³/mol. The molecule has 0 saturated carbocycles. The predicted octanol–water partition coefficient (Wildman–Crippen LogP) is 2.63. The molecule has 1 aromatic rings. The van der Waals surface area contributed by atoms with Gasteiger partial charge in [0.2, 0.25) is 0 Å². The Kier molecular flexibility index (Phi) is 9.63. The van der Waals surface area contributed by atoms with Crippen molar-refractivity contribution in [2.45, 2.75) is 83.4 Å². The fraction of sp³-hybridized carbons (Fsp3) is 0.600. The van der Waals surface area contributed by atoms with Gasteiger partial charge in [0.1, 0.15) is 12.7 Å². The van der Waals surface area contributed by atoms with E-state index in [9.17, 15) is 19.2 Å². The molecule has 1 aromatic heterocycles. The number of alkyl halides is 1. The van der Waals surface area contributed by atoms with Gasteiger partial charge in [-0.25, -0.2) is 14.0 Å². The van der Waals surface area contributed by atoms with Crippen molar-refractivity contribution in [2.24, 2.45) is 0 Å². The Morgan fingerprint density at radius 2 is 1.97 bits per heavy atom. The number of aromatic nitrogens is 2. The van der Waals surface area contributed by atoms with Crippen LogP contribution in [0.5, 0.6) is 0 Å². The number of carbonyl (C=O) groups excluding carboxylic acids is 2. The van der Waals surface area contributed by atoms with Crippen molar-refractivity contribution in [1.29, 1.82) is 0 Å². The number of nitrogens with one attached hydrogen (secondary N) is 1. The number of halogens is 1. The van der Waals surface area contributed by atoms with Gasteiger partial charge in [-0.1, -0.05) is 38.7 Å². The lowest BCUT2D eigenvalue weighted by atomic mass is 10.1. The molecule has 0 spiro atoms. The first-order valence-electron chi connectivity index (χ1n) is 12.3. The summed E-state index contributed by atoms with van der Waals surface area (Å²) in [5.41, 5.74) is -0.970. The number of aryl methyl sites for hydroxylation is 1. The fourth-order valence-corrected chi connectivity index (χ4v) is 4.11. The van der Waals surface area contributed by atoms with Crippen molar-refractivity contribution in [1.82, 2.24) is 14.5 Å². The molecule has 198 valence electrons. The van der Waals surface area contributed by atoms with E-state index in [2.05, 4.69) is 11.9 Å². The second-order valence-electron chi connectivity index (χ2n) is 9.11. The SMILES string of the molecule is CCCCCCCC(=O)OC[C@H]1O[C@@H](n2cc(C)c(=O)[nH]c2=O)[C@@H](F)[C@@H]1OC(=O)C1=CN(C)C=CC1. The monoisotopic (exact) mass is 507 g/mol. The van der Waals surface area contributed by atoms with Crippen LogP contribution in [0.1, 0.15) is 63.7 Å². The number of unbranched alkanes of at least 4 members (excludes halogenated alkanes) is 4. The molecule has 2 aliphatic heterocycles. The van der Waals surface area contributed by atoms with Gasteiger partial charge in [-0.3, -0.25) is 19.1 Å². The summed E-state index contributed by atoms with van der Waals surface area (Å²) in [6, 6.07) is 0. The average Bonchev–Trinajstić information content (AvgIpc) is 3.14. The lowest BCUT2D eigenvalue weighted by Crippen LogP contribution is -2.39. The summed E-state index contributed by atoms with van der Waals surface area (Å²) < 4.78 is 33.0. The Morgan fingerprint density at radius 1 is 1.22 bits per heavy atom. The molecule has 1 saturated heterocycles. The fourth-order valence-electron chi connectivity index (χ4n) is 4.11. The van der Waals surface area contributed by atoms with Gasteiger partial charge in [0.05, 0.1) is 5.57 Å². The Labute approximate surface area is 208 Å². The molecule has 4 atom stereocenters. The highest BCUT2D eigenvalue weighted by atomic mass is 19.1. The number of aromatic amines is 1. The molecular weight excluding hydrogens is 473 g/mol. The molecule has 3 rings (SSSR count). The minimum absolute atomic E-state index is 0.180. The van der Waals surface area contributed by atoms with Gasteiger partial charge in [-0.2, -0.15) is 0 Å². The minimum Gasteiger partial charge on any atom is -0.463 e. The maximum atomic E-state index is 15.6. The third kappa shape index (κ3) is 6.93. The van der Waals surface area contributed by atoms with E-state index in [1.807, 2.05) is 0 Å². The molecule has 36 heavy (non-hydrogen) atoms. The Hall–Kier alpha value is -3.21. The molecular formula is C25H34FN3O7. The number of H-pyrrole nitrogens is 1. The second-order valence-corrected chi connectivity index (χ2v) is 9.11. The molecule has 0 amide bonds. The van der Waals surface area contributed by atoms with E-state index < -0.39 is 47.8 Å². The van der Waals surface area contributed by atoms with Gasteiger partial charge >= 0.3 is 17.6 Å². The summed E-state index contributed by atoms with van der Waals surface area (Å²) in [6.45, 7) is 3.22. The molecule has 3 heterocycles. The first kappa shape index (κ1) is 27.4. The van der Waals surface area contributed by atoms with Crippen LogP contribution in [0.4, 0.5) is 4.39 Å². The van der Waals surface area contributed by atoms with Crippen molar-refractivity contribution in [3.63, 3.8) is 0 Å². The van der Waals surface area contributed by atoms with Crippen molar-refractivity contribution in [3.8, 4) is 0 Å². The highest BCUT2D eigenvalue weighted by Crippen LogP contribution is 2.34. The Balaban J connectivity index is 1.73. The van der Waals surface area contributed by atoms with E-state index in [-0.39, 0.29) is 18.6 Å². The summed E-state index contributed by atoms with van der Waals surface area (Å²) >= 11 is 0. The van der Waals surface area contributed by atoms with Crippen LogP contribution in [0.15, 0.2) is 39.8 Å². The summed E-state index contributed by atoms with van der Waals surface area (Å²) in [7, 11) is 1.74. The maximum absolute atomic E-state index is 15.6. The normalized spacial score (nSPS) is 23.4. The molecule has 0 radical (unpaired) electrons. The molecule has 0 aromatic carbocycles. The van der Waals surface area contributed by atoms with Crippen LogP contribution in [0.2, 0.25) is 0 Å². The lowest BCUT2D eigenvalue weighted by molar-refractivity contribution is -0.156. The van der Waals surface area contributed by atoms with E-state index in [0.29, 0.717) is 18.4 Å². The highest BCUT2D eigenvalue weighted by molar-refractivity contribution is 5.89. The van der Waals surface area contributed by atoms with Crippen molar-refractivity contribution >= 4 is 11.9 Å². The summed E-state index contributed by atoms with van der Waals surface area (Å²) in [5, 5.41) is 0. The van der Waals surface area contributed by atoms with Crippen LogP contribution in [0.3, 0.4) is 0 Å². The maximum Gasteiger partial charge on any atom is 0.336 e. The topological polar surface area (TPSA) is 120 Å². The molecule has 11 heteroatoms. The molecule has 1 fully saturated rings. The smallest absolute Gasteiger partial charge is 0.336 e. The van der Waals surface area contributed by atoms with Gasteiger partial charge in [-0.05, 0) is 19.5 Å². The summed E-state index contributed by atoms with van der Waals surface area (Å²) in [4.78, 5) is 52.9. The lowest BCUT2D eigenvalue weighted by Gasteiger charge is -2.22. The van der Waals surface area contributed by atoms with E-state index in [0.717, 1.165) is 30.3 Å². The zero-order chi connectivity index (χ0) is 26.2. The molecule has 0 bridgehead atoms. The van der Waals surface area contributed by atoms with E-state index in [1.165, 1.54) is 13.1 Å². The first-order chi connectivity index (χ1) is 17.2. The molecule has 2 aliphatic rings. The molecule has 1 N–H and O–H groups in total. The number of esters is 2. The number of ether oxygens (including phenoxy) is 3. The number of hydrogen-bond acceptors (Lipinski definition) is 8. The van der Waals surface area contributed by atoms with E-state index >= 15 is 4.39 Å². The van der Waals surface area contributed by atoms with Gasteiger partial charge < -0.3 is 19.1 Å². The second kappa shape index (κ2) is 12.7. The van der Waals surface area contributed by atoms with Crippen LogP contribution < -0.4 is 11.2 Å². The molecule has 0 aliphatic carbocycles. The van der Waals surface area contributed by atoms with Crippen LogP contribution in [-0.2, 0) is 23.8 Å². The van der Waals surface area contributed by atoms with Crippen LogP contribution >= 0.6 is 0 Å². The third-order valence-electron chi connectivity index (χ3n) is 6.12. The van der Waals surface area contributed by atoms with Crippen LogP contribution in [0, 0.1) is 6.92 Å². The van der Waals surface area contributed by atoms with Crippen molar-refractivity contribution in [3.05, 3.63) is 56.6 Å². The highest BCUT2D eigenvalue weighted by Gasteiger charge is 2.49. The largest absolute Gasteiger partial charge is 0.463 e. The number of carbonyl (C=O) groups is 2. The zero-order valence-corrected chi connectivity index (χ0v) is 20.9. The number of allylic oxidation sites excluding steroid dienone is 1. The first-order valence-corrected chi connectivity index (χ1v) is 12.3. The van der Waals surface area contributed by atoms with Gasteiger partial charge in [-0.15, -0.1) is 0 Å². The number of nitrogens with zero attached hydrogens (tertiary/aromatic N) is 2. The summed E-state index contributed by atoms with van der Waals surface area (Å²) in [6.07, 6.45) is 5.63. The summed E-state index contributed by atoms with van der Waals surface area (Å²) in [5.74, 6) is -1.20. The quantitative estimate of drug-likeness (QED) is 0.359. The van der Waals surface area contributed by atoms with Gasteiger partial charge in [0.15, 0.2) is 18.5 Å². The molecule has 10 nitrogen and oxygen atoms in total. The third-order valence-corrected chi connectivity index (χ3v) is 6.12. The zero-order valence-electron chi connectivity index (χ0n) is 20.9. The van der Waals surface area contributed by atoms with Gasteiger partial charge in [0, 0.05) is 37.8 Å². The standard InChI is InChI=1S/C25H34FN3O7/c1-4-5-6-7-8-11-19(30)34-15-18-21(36-24(32)17-10-9-12-28(3)14-17)20(26)23(35-18)29-13-16(2)22(31)27-25(29)33/h9,12-14,18,20-21,23H,4-8,10-11,15H2,1-3H3,(H,27,31,33)/t18-,20+,21-,23-/m1/s1. The average molecular weight is 508 g/mol. The van der Waals surface area contributed by atoms with Crippen molar-refractivity contribution < 1.29 is 28.2 Å². The van der Waals surface area contributed by atoms with Crippen LogP contribution in [0.25, 0.3) is 0 Å².